The molecule has 0 bridgehead atoms. The Labute approximate surface area is 215 Å². The predicted molar refractivity (Wildman–Crippen MR) is 135 cm³/mol. The van der Waals surface area contributed by atoms with E-state index >= 15 is 0 Å². The molecule has 1 rings (SSSR count). The van der Waals surface area contributed by atoms with Crippen LogP contribution in [0.5, 0.6) is 0 Å². The van der Waals surface area contributed by atoms with Crippen LogP contribution < -0.4 is 4.90 Å². The fourth-order valence-corrected chi connectivity index (χ4v) is 3.15. The van der Waals surface area contributed by atoms with Gasteiger partial charge in [0.05, 0.1) is 72.0 Å². The average Bonchev–Trinajstić information content (AvgIpc) is 2.87. The molecule has 36 heavy (non-hydrogen) atoms. The van der Waals surface area contributed by atoms with E-state index in [1.165, 1.54) is 11.3 Å². The first kappa shape index (κ1) is 31.8. The van der Waals surface area contributed by atoms with Crippen LogP contribution in [0.15, 0.2) is 24.3 Å². The SMILES string of the molecule is CCN(CC(C)OCCOCCOCCOCCOCCOC(=O)CCOC=O)c1cccc(C)c1. The highest BCUT2D eigenvalue weighted by Gasteiger charge is 2.10. The van der Waals surface area contributed by atoms with Crippen molar-refractivity contribution >= 4 is 18.1 Å². The van der Waals surface area contributed by atoms with Crippen LogP contribution in [-0.4, -0.2) is 104 Å². The van der Waals surface area contributed by atoms with Crippen molar-refractivity contribution in [2.24, 2.45) is 0 Å². The topological polar surface area (TPSA) is 102 Å². The van der Waals surface area contributed by atoms with Crippen LogP contribution in [0.2, 0.25) is 0 Å². The highest BCUT2D eigenvalue weighted by atomic mass is 16.6. The smallest absolute Gasteiger partial charge is 0.309 e. The van der Waals surface area contributed by atoms with E-state index in [1.807, 2.05) is 0 Å². The molecule has 1 unspecified atom stereocenters. The molecule has 10 nitrogen and oxygen atoms in total. The number of aryl methyl sites for hydroxylation is 1. The number of carbonyl (C=O) groups is 2. The number of anilines is 1. The van der Waals surface area contributed by atoms with Gasteiger partial charge in [-0.15, -0.1) is 0 Å². The van der Waals surface area contributed by atoms with E-state index in [9.17, 15) is 9.59 Å². The van der Waals surface area contributed by atoms with Gasteiger partial charge in [0.15, 0.2) is 0 Å². The maximum absolute atomic E-state index is 11.2. The van der Waals surface area contributed by atoms with E-state index in [2.05, 4.69) is 54.7 Å². The number of rotatable bonds is 24. The third-order valence-electron chi connectivity index (χ3n) is 4.95. The van der Waals surface area contributed by atoms with E-state index in [0.717, 1.165) is 13.1 Å². The molecule has 0 aliphatic carbocycles. The first-order valence-corrected chi connectivity index (χ1v) is 12.5. The highest BCUT2D eigenvalue weighted by molar-refractivity contribution is 5.69. The van der Waals surface area contributed by atoms with Gasteiger partial charge in [0.25, 0.3) is 6.47 Å². The number of hydrogen-bond donors (Lipinski definition) is 0. The second-order valence-electron chi connectivity index (χ2n) is 7.95. The van der Waals surface area contributed by atoms with Crippen molar-refractivity contribution in [1.29, 1.82) is 0 Å². The zero-order valence-electron chi connectivity index (χ0n) is 22.0. The standard InChI is InChI=1S/C26H43NO9/c1-4-27(25-7-5-6-23(2)20-25)21-24(3)35-18-16-32-14-12-30-10-11-31-13-15-33-17-19-36-26(29)8-9-34-22-28/h5-7,20,22,24H,4,8-19,21H2,1-3H3. The van der Waals surface area contributed by atoms with Crippen molar-refractivity contribution in [2.45, 2.75) is 33.3 Å². The lowest BCUT2D eigenvalue weighted by molar-refractivity contribution is -0.147. The third kappa shape index (κ3) is 17.2. The predicted octanol–water partition coefficient (Wildman–Crippen LogP) is 2.40. The van der Waals surface area contributed by atoms with Crippen LogP contribution in [0, 0.1) is 6.92 Å². The maximum Gasteiger partial charge on any atom is 0.309 e. The van der Waals surface area contributed by atoms with E-state index in [1.54, 1.807) is 0 Å². The van der Waals surface area contributed by atoms with Gasteiger partial charge in [0.1, 0.15) is 13.2 Å². The van der Waals surface area contributed by atoms with E-state index < -0.39 is 5.97 Å². The minimum absolute atomic E-state index is 0.0202. The highest BCUT2D eigenvalue weighted by Crippen LogP contribution is 2.16. The molecule has 0 aliphatic heterocycles. The van der Waals surface area contributed by atoms with Gasteiger partial charge in [-0.1, -0.05) is 12.1 Å². The van der Waals surface area contributed by atoms with Gasteiger partial charge in [-0.3, -0.25) is 9.59 Å². The Morgan fingerprint density at radius 1 is 0.889 bits per heavy atom. The van der Waals surface area contributed by atoms with Gasteiger partial charge >= 0.3 is 5.97 Å². The Morgan fingerprint density at radius 2 is 1.47 bits per heavy atom. The molecule has 10 heteroatoms. The fraction of sp³-hybridized carbons (Fsp3) is 0.692. The summed E-state index contributed by atoms with van der Waals surface area (Å²) < 4.78 is 36.9. The van der Waals surface area contributed by atoms with E-state index in [4.69, 9.17) is 28.4 Å². The van der Waals surface area contributed by atoms with Crippen LogP contribution >= 0.6 is 0 Å². The summed E-state index contributed by atoms with van der Waals surface area (Å²) in [5, 5.41) is 0. The number of carbonyl (C=O) groups excluding carboxylic acids is 2. The summed E-state index contributed by atoms with van der Waals surface area (Å²) in [6, 6.07) is 8.51. The average molecular weight is 514 g/mol. The number of hydrogen-bond acceptors (Lipinski definition) is 10. The van der Waals surface area contributed by atoms with Gasteiger partial charge in [-0.25, -0.2) is 0 Å². The van der Waals surface area contributed by atoms with Gasteiger partial charge in [-0.2, -0.15) is 0 Å². The summed E-state index contributed by atoms with van der Waals surface area (Å²) >= 11 is 0. The number of esters is 1. The molecule has 0 heterocycles. The summed E-state index contributed by atoms with van der Waals surface area (Å²) in [4.78, 5) is 23.5. The molecular weight excluding hydrogens is 470 g/mol. The van der Waals surface area contributed by atoms with Gasteiger partial charge in [0, 0.05) is 18.8 Å². The van der Waals surface area contributed by atoms with Crippen LogP contribution in [0.1, 0.15) is 25.8 Å². The quantitative estimate of drug-likeness (QED) is 0.116. The number of ether oxygens (including phenoxy) is 7. The summed E-state index contributed by atoms with van der Waals surface area (Å²) in [6.45, 7) is 12.7. The number of likely N-dealkylation sites (N-methyl/N-ethyl adjacent to an activating group) is 1. The van der Waals surface area contributed by atoms with Crippen LogP contribution in [0.3, 0.4) is 0 Å². The van der Waals surface area contributed by atoms with Crippen LogP contribution in [-0.2, 0) is 42.7 Å². The monoisotopic (exact) mass is 513 g/mol. The summed E-state index contributed by atoms with van der Waals surface area (Å²) in [7, 11) is 0. The normalized spacial score (nSPS) is 11.8. The van der Waals surface area contributed by atoms with Crippen molar-refractivity contribution < 1.29 is 42.7 Å². The van der Waals surface area contributed by atoms with E-state index in [0.29, 0.717) is 59.3 Å². The first-order valence-electron chi connectivity index (χ1n) is 12.5. The molecule has 0 aliphatic rings. The minimum Gasteiger partial charge on any atom is -0.467 e. The van der Waals surface area contributed by atoms with Crippen molar-refractivity contribution in [2.75, 3.05) is 90.7 Å². The van der Waals surface area contributed by atoms with Crippen LogP contribution in [0.25, 0.3) is 0 Å². The molecule has 1 atom stereocenters. The second-order valence-corrected chi connectivity index (χ2v) is 7.95. The Balaban J connectivity index is 1.85. The summed E-state index contributed by atoms with van der Waals surface area (Å²) in [5.41, 5.74) is 2.47. The van der Waals surface area contributed by atoms with Crippen LogP contribution in [0.4, 0.5) is 5.69 Å². The Kier molecular flexibility index (Phi) is 19.4. The fourth-order valence-electron chi connectivity index (χ4n) is 3.15. The van der Waals surface area contributed by atoms with Crippen molar-refractivity contribution in [3.63, 3.8) is 0 Å². The lowest BCUT2D eigenvalue weighted by Crippen LogP contribution is -2.33. The van der Waals surface area contributed by atoms with Crippen molar-refractivity contribution in [1.82, 2.24) is 0 Å². The molecule has 0 fully saturated rings. The molecule has 206 valence electrons. The Hall–Kier alpha value is -2.24. The molecule has 1 aromatic carbocycles. The number of benzene rings is 1. The molecule has 0 aromatic heterocycles. The number of nitrogens with zero attached hydrogens (tertiary/aromatic N) is 1. The molecule has 0 spiro atoms. The summed E-state index contributed by atoms with van der Waals surface area (Å²) in [6.07, 6.45) is 0.142. The van der Waals surface area contributed by atoms with Crippen molar-refractivity contribution in [3.8, 4) is 0 Å². The lowest BCUT2D eigenvalue weighted by Gasteiger charge is -2.27. The lowest BCUT2D eigenvalue weighted by atomic mass is 10.2. The molecule has 0 N–H and O–H groups in total. The molecule has 0 saturated heterocycles. The second kappa shape index (κ2) is 22.0. The van der Waals surface area contributed by atoms with E-state index in [-0.39, 0.29) is 32.3 Å². The first-order chi connectivity index (χ1) is 17.6. The summed E-state index contributed by atoms with van der Waals surface area (Å²) in [5.74, 6) is -0.433. The van der Waals surface area contributed by atoms with Gasteiger partial charge in [0.2, 0.25) is 0 Å². The zero-order valence-corrected chi connectivity index (χ0v) is 22.0. The Morgan fingerprint density at radius 3 is 2.03 bits per heavy atom. The largest absolute Gasteiger partial charge is 0.467 e. The van der Waals surface area contributed by atoms with Gasteiger partial charge in [-0.05, 0) is 38.5 Å². The molecule has 0 amide bonds. The maximum atomic E-state index is 11.2. The molecule has 0 saturated carbocycles. The molecule has 0 radical (unpaired) electrons. The zero-order chi connectivity index (χ0) is 26.3. The minimum atomic E-state index is -0.433. The Bertz CT molecular complexity index is 689. The van der Waals surface area contributed by atoms with Gasteiger partial charge < -0.3 is 38.1 Å². The molecular formula is C26H43NO9. The molecule has 1 aromatic rings. The third-order valence-corrected chi connectivity index (χ3v) is 4.95. The van der Waals surface area contributed by atoms with Crippen molar-refractivity contribution in [3.05, 3.63) is 29.8 Å².